The molecular weight excluding hydrogens is 183 g/mol. The van der Waals surface area contributed by atoms with Crippen molar-refractivity contribution >= 4 is 87.3 Å². The van der Waals surface area contributed by atoms with Gasteiger partial charge in [-0.05, 0) is 0 Å². The molecule has 0 rings (SSSR count). The zero-order valence-electron chi connectivity index (χ0n) is 7.72. The number of hydrogen-bond donors (Lipinski definition) is 2. The van der Waals surface area contributed by atoms with Crippen molar-refractivity contribution in [3.05, 3.63) is 0 Å². The molecule has 0 spiro atoms. The van der Waals surface area contributed by atoms with E-state index in [4.69, 9.17) is 14.1 Å². The van der Waals surface area contributed by atoms with Crippen LogP contribution in [0.15, 0.2) is 0 Å². The average molecular weight is 195 g/mol. The van der Waals surface area contributed by atoms with Gasteiger partial charge in [0.25, 0.3) is 0 Å². The van der Waals surface area contributed by atoms with Gasteiger partial charge in [0.15, 0.2) is 17.4 Å². The molecule has 0 aromatic carbocycles. The van der Waals surface area contributed by atoms with Crippen LogP contribution in [0.5, 0.6) is 0 Å². The van der Waals surface area contributed by atoms with E-state index in [1.807, 2.05) is 0 Å². The first-order valence-electron chi connectivity index (χ1n) is 0.651. The Balaban J connectivity index is -0.00000000161. The summed E-state index contributed by atoms with van der Waals surface area (Å²) in [6.07, 6.45) is 0. The zero-order valence-corrected chi connectivity index (χ0v) is 8.34. The van der Waals surface area contributed by atoms with Crippen molar-refractivity contribution in [1.29, 1.82) is 0 Å². The molecule has 0 heterocycles. The third-order valence-electron chi connectivity index (χ3n) is 0. The second-order valence-electron chi connectivity index (χ2n) is 0.283. The van der Waals surface area contributed by atoms with Crippen molar-refractivity contribution in [2.24, 2.45) is 0 Å². The van der Waals surface area contributed by atoms with E-state index in [-0.39, 0.29) is 89.3 Å². The van der Waals surface area contributed by atoms with E-state index >= 15 is 0 Å². The largest absolute Gasteiger partial charge is 2.00 e. The molecule has 0 aromatic rings. The van der Waals surface area contributed by atoms with Crippen molar-refractivity contribution in [3.63, 3.8) is 0 Å². The van der Waals surface area contributed by atoms with Crippen molar-refractivity contribution in [1.82, 2.24) is 0 Å². The minimum atomic E-state index is -3.13. The first-order valence-corrected chi connectivity index (χ1v) is 1.95. The van der Waals surface area contributed by atoms with Crippen molar-refractivity contribution in [3.8, 4) is 0 Å². The predicted octanol–water partition coefficient (Wildman–Crippen LogP) is -3.93. The van der Waals surface area contributed by atoms with Gasteiger partial charge < -0.3 is 20.8 Å². The van der Waals surface area contributed by atoms with Gasteiger partial charge in [-0.2, -0.15) is 0 Å². The first kappa shape index (κ1) is 32.1. The molecule has 0 aromatic heterocycles. The van der Waals surface area contributed by atoms with Gasteiger partial charge in [0.1, 0.15) is 0 Å². The molecule has 4 nitrogen and oxygen atoms in total. The molecule has 8 heteroatoms. The molecule has 4 N–H and O–H groups in total. The van der Waals surface area contributed by atoms with Gasteiger partial charge in [-0.3, -0.25) is 4.46 Å². The molecule has 0 radical (unpaired) electrons. The summed E-state index contributed by atoms with van der Waals surface area (Å²) >= 11 is 0. The monoisotopic (exact) mass is 194 g/mol. The van der Waals surface area contributed by atoms with E-state index in [9.17, 15) is 0 Å². The van der Waals surface area contributed by atoms with Crippen LogP contribution in [0.4, 0.5) is 0 Å². The van der Waals surface area contributed by atoms with Gasteiger partial charge in [-0.1, -0.05) is 0 Å². The van der Waals surface area contributed by atoms with Crippen LogP contribution in [0, 0.1) is 0 Å². The molecule has 0 saturated heterocycles. The Morgan fingerprint density at radius 3 is 1.38 bits per heavy atom. The van der Waals surface area contributed by atoms with Crippen LogP contribution in [-0.4, -0.2) is 102 Å². The summed E-state index contributed by atoms with van der Waals surface area (Å²) in [6, 6.07) is 0. The molecule has 8 heavy (non-hydrogen) atoms. The topological polar surface area (TPSA) is 89.0 Å². The molecule has 0 aliphatic rings. The van der Waals surface area contributed by atoms with Crippen LogP contribution in [0.2, 0.25) is 0 Å². The van der Waals surface area contributed by atoms with Crippen LogP contribution < -0.4 is 0 Å². The summed E-state index contributed by atoms with van der Waals surface area (Å²) in [6.45, 7) is 0. The number of rotatable bonds is 0. The zero-order chi connectivity index (χ0) is 3.58. The van der Waals surface area contributed by atoms with Crippen LogP contribution in [0.1, 0.15) is 5.71 Å². The summed E-state index contributed by atoms with van der Waals surface area (Å²) in [7, 11) is -3.13. The second-order valence-corrected chi connectivity index (χ2v) is 0.848. The molecule has 0 aliphatic carbocycles. The molecule has 0 amide bonds. The second kappa shape index (κ2) is 22.9. The van der Waals surface area contributed by atoms with Gasteiger partial charge in [-0.25, -0.2) is 0 Å². The molecule has 0 unspecified atom stereocenters. The van der Waals surface area contributed by atoms with Gasteiger partial charge in [-0.15, -0.1) is 0 Å². The normalized spacial score (nSPS) is 3.00. The van der Waals surface area contributed by atoms with E-state index in [2.05, 4.69) is 0 Å². The van der Waals surface area contributed by atoms with Gasteiger partial charge in [0, 0.05) is 0 Å². The smallest absolute Gasteiger partial charge is 1.00 e. The standard InChI is InChI=1S/Al.Ca.Mg.H2O3Si.H2O.7H/c;;;1-4(2)3;;;;;;;;/h;;;1-2H;1H2;;;;;;;/q;2*+2;;;;;;4*-1. The van der Waals surface area contributed by atoms with Gasteiger partial charge in [0.2, 0.25) is 0 Å². The van der Waals surface area contributed by atoms with Crippen LogP contribution in [0.25, 0.3) is 0 Å². The van der Waals surface area contributed by atoms with E-state index in [1.165, 1.54) is 0 Å². The van der Waals surface area contributed by atoms with Crippen molar-refractivity contribution in [2.75, 3.05) is 0 Å². The fourth-order valence-corrected chi connectivity index (χ4v) is 0. The quantitative estimate of drug-likeness (QED) is 0.386. The molecule has 0 atom stereocenters. The Labute approximate surface area is 111 Å². The van der Waals surface area contributed by atoms with Gasteiger partial charge >= 0.3 is 70.0 Å². The summed E-state index contributed by atoms with van der Waals surface area (Å²) < 4.78 is 8.74. The van der Waals surface area contributed by atoms with Crippen LogP contribution in [0.3, 0.4) is 0 Å². The van der Waals surface area contributed by atoms with Gasteiger partial charge in [0.05, 0.1) is 0 Å². The van der Waals surface area contributed by atoms with E-state index in [1.54, 1.807) is 0 Å². The summed E-state index contributed by atoms with van der Waals surface area (Å²) in [5.74, 6) is 0. The number of hydrogen-bond acceptors (Lipinski definition) is 1. The minimum absolute atomic E-state index is 0. The van der Waals surface area contributed by atoms with Crippen LogP contribution >= 0.6 is 0 Å². The first-order chi connectivity index (χ1) is 1.73. The Kier molecular flexibility index (Phi) is 91.9. The third kappa shape index (κ3) is 90.8. The van der Waals surface area contributed by atoms with E-state index < -0.39 is 9.17 Å². The Hall–Kier alpha value is 2.14. The molecule has 0 bridgehead atoms. The maximum Gasteiger partial charge on any atom is 2.00 e. The van der Waals surface area contributed by atoms with Crippen LogP contribution in [-0.2, 0) is 4.46 Å². The Bertz CT molecular complexity index is 50.0. The van der Waals surface area contributed by atoms with Crippen molar-refractivity contribution < 1.29 is 25.2 Å². The summed E-state index contributed by atoms with van der Waals surface area (Å²) in [5.41, 5.74) is 0. The Morgan fingerprint density at radius 2 is 1.38 bits per heavy atom. The molecule has 0 aliphatic heterocycles. The summed E-state index contributed by atoms with van der Waals surface area (Å²) in [4.78, 5) is 14.3. The SMILES string of the molecule is O.O=[Si](O)O.[AlH3].[Ca+2].[H-].[H-].[H-].[H-].[Mg+2]. The van der Waals surface area contributed by atoms with E-state index in [0.29, 0.717) is 0 Å². The molecule has 0 fully saturated rings. The minimum Gasteiger partial charge on any atom is -1.00 e. The molecule has 0 saturated carbocycles. The maximum atomic E-state index is 8.74. The fraction of sp³-hybridized carbons (Fsp3) is 0. The summed E-state index contributed by atoms with van der Waals surface area (Å²) in [5, 5.41) is 0. The fourth-order valence-electron chi connectivity index (χ4n) is 0. The molecule has 46 valence electrons. The third-order valence-corrected chi connectivity index (χ3v) is 0. The van der Waals surface area contributed by atoms with Crippen molar-refractivity contribution in [2.45, 2.75) is 0 Å². The van der Waals surface area contributed by atoms with E-state index in [0.717, 1.165) is 0 Å². The predicted molar refractivity (Wildman–Crippen MR) is 40.4 cm³/mol. The average Bonchev–Trinajstić information content (AvgIpc) is 0.811. The Morgan fingerprint density at radius 1 is 1.38 bits per heavy atom. The maximum absolute atomic E-state index is 8.74. The molecular formula is H11AlCaMgO4Si.